The zero-order chi connectivity index (χ0) is 30.1. The van der Waals surface area contributed by atoms with Crippen LogP contribution in [0.5, 0.6) is 0 Å². The first-order valence-electron chi connectivity index (χ1n) is 15.6. The molecule has 14 heteroatoms. The molecule has 6 amide bonds. The number of alkyl carbamates (subject to hydrolysis) is 2. The summed E-state index contributed by atoms with van der Waals surface area (Å²) in [4.78, 5) is 47.1. The number of nitrogens with one attached hydrogen (secondary N) is 6. The maximum atomic E-state index is 11.8. The van der Waals surface area contributed by atoms with Crippen LogP contribution in [0.2, 0.25) is 0 Å². The number of amides is 6. The van der Waals surface area contributed by atoms with Crippen LogP contribution < -0.4 is 31.9 Å². The van der Waals surface area contributed by atoms with Gasteiger partial charge in [0.15, 0.2) is 0 Å². The molecule has 2 aliphatic carbocycles. The molecule has 0 aliphatic heterocycles. The predicted octanol–water partition coefficient (Wildman–Crippen LogP) is 2.52. The quantitative estimate of drug-likeness (QED) is 0.123. The smallest absolute Gasteiger partial charge is 0.407 e. The third-order valence-electron chi connectivity index (χ3n) is 7.01. The molecule has 2 fully saturated rings. The van der Waals surface area contributed by atoms with Gasteiger partial charge in [-0.3, -0.25) is 0 Å². The summed E-state index contributed by atoms with van der Waals surface area (Å²) in [7, 11) is 0. The molecule has 0 atom stereocenters. The molecule has 0 saturated heterocycles. The molecule has 2 saturated carbocycles. The van der Waals surface area contributed by atoms with Crippen LogP contribution in [-0.4, -0.2) is 102 Å². The normalized spacial score (nSPS) is 15.7. The van der Waals surface area contributed by atoms with E-state index in [4.69, 9.17) is 18.9 Å². The van der Waals surface area contributed by atoms with Crippen LogP contribution in [0.3, 0.4) is 0 Å². The molecule has 42 heavy (non-hydrogen) atoms. The maximum Gasteiger partial charge on any atom is 0.407 e. The highest BCUT2D eigenvalue weighted by Crippen LogP contribution is 2.18. The summed E-state index contributed by atoms with van der Waals surface area (Å²) in [5, 5.41) is 16.6. The minimum atomic E-state index is -0.404. The molecule has 14 nitrogen and oxygen atoms in total. The lowest BCUT2D eigenvalue weighted by Gasteiger charge is -2.22. The van der Waals surface area contributed by atoms with Gasteiger partial charge >= 0.3 is 24.2 Å². The lowest BCUT2D eigenvalue weighted by Crippen LogP contribution is -2.39. The van der Waals surface area contributed by atoms with Crippen molar-refractivity contribution < 1.29 is 38.1 Å². The van der Waals surface area contributed by atoms with Crippen molar-refractivity contribution in [3.05, 3.63) is 0 Å². The van der Waals surface area contributed by atoms with Gasteiger partial charge < -0.3 is 50.8 Å². The molecule has 2 aliphatic rings. The van der Waals surface area contributed by atoms with Crippen LogP contribution in [0.1, 0.15) is 77.0 Å². The van der Waals surface area contributed by atoms with Crippen LogP contribution in [0, 0.1) is 0 Å². The monoisotopic (exact) mass is 600 g/mol. The van der Waals surface area contributed by atoms with Gasteiger partial charge in [-0.15, -0.1) is 0 Å². The number of hydrogen-bond acceptors (Lipinski definition) is 8. The Kier molecular flexibility index (Phi) is 19.7. The third-order valence-corrected chi connectivity index (χ3v) is 7.01. The number of hydrogen-bond donors (Lipinski definition) is 6. The highest BCUT2D eigenvalue weighted by molar-refractivity contribution is 5.74. The molecular weight excluding hydrogens is 548 g/mol. The second-order valence-electron chi connectivity index (χ2n) is 10.5. The zero-order valence-electron chi connectivity index (χ0n) is 25.0. The number of unbranched alkanes of at least 4 members (excludes halogenated alkanes) is 1. The van der Waals surface area contributed by atoms with Crippen LogP contribution in [0.15, 0.2) is 0 Å². The summed E-state index contributed by atoms with van der Waals surface area (Å²) < 4.78 is 21.0. The fourth-order valence-corrected chi connectivity index (χ4v) is 4.75. The average molecular weight is 601 g/mol. The van der Waals surface area contributed by atoms with Gasteiger partial charge in [0.05, 0.1) is 26.4 Å². The first-order valence-corrected chi connectivity index (χ1v) is 15.6. The Morgan fingerprint density at radius 3 is 1.26 bits per heavy atom. The summed E-state index contributed by atoms with van der Waals surface area (Å²) in [5.41, 5.74) is 0. The number of carbonyl (C=O) groups is 4. The van der Waals surface area contributed by atoms with Gasteiger partial charge in [0.25, 0.3) is 0 Å². The van der Waals surface area contributed by atoms with Crippen molar-refractivity contribution in [3.63, 3.8) is 0 Å². The highest BCUT2D eigenvalue weighted by atomic mass is 16.6. The standard InChI is InChI=1S/C28H52N6O8/c35-25(31-15-17-39-19-21-41-27(37)33-23-9-3-1-4-10-23)29-13-7-8-14-30-26(36)32-16-18-40-20-22-42-28(38)34-24-11-5-2-6-12-24/h23-24H,1-22H2,(H,33,37)(H,34,38)(H2,29,31,35)(H2,30,32,36). The summed E-state index contributed by atoms with van der Waals surface area (Å²) in [6.07, 6.45) is 11.7. The Bertz CT molecular complexity index is 701. The SMILES string of the molecule is O=C(NCCCCNC(=O)NCCOCCOC(=O)NC1CCCCC1)NCCOCCOC(=O)NC1CCCCC1. The minimum Gasteiger partial charge on any atom is -0.447 e. The van der Waals surface area contributed by atoms with Crippen molar-refractivity contribution >= 4 is 24.2 Å². The Balaban J connectivity index is 1.27. The van der Waals surface area contributed by atoms with Gasteiger partial charge in [0.1, 0.15) is 13.2 Å². The van der Waals surface area contributed by atoms with Gasteiger partial charge in [0.2, 0.25) is 0 Å². The molecule has 0 unspecified atom stereocenters. The fourth-order valence-electron chi connectivity index (χ4n) is 4.75. The summed E-state index contributed by atoms with van der Waals surface area (Å²) >= 11 is 0. The van der Waals surface area contributed by atoms with Crippen molar-refractivity contribution in [2.45, 2.75) is 89.1 Å². The lowest BCUT2D eigenvalue weighted by molar-refractivity contribution is 0.0723. The van der Waals surface area contributed by atoms with Gasteiger partial charge in [-0.2, -0.15) is 0 Å². The van der Waals surface area contributed by atoms with Crippen molar-refractivity contribution in [1.82, 2.24) is 31.9 Å². The van der Waals surface area contributed by atoms with Gasteiger partial charge in [-0.25, -0.2) is 19.2 Å². The molecule has 0 bridgehead atoms. The third kappa shape index (κ3) is 19.2. The molecule has 0 heterocycles. The van der Waals surface area contributed by atoms with E-state index in [0.29, 0.717) is 52.2 Å². The van der Waals surface area contributed by atoms with Crippen LogP contribution in [-0.2, 0) is 18.9 Å². The molecule has 0 spiro atoms. The Morgan fingerprint density at radius 1 is 0.476 bits per heavy atom. The molecule has 0 radical (unpaired) electrons. The minimum absolute atomic E-state index is 0.168. The van der Waals surface area contributed by atoms with Crippen LogP contribution in [0.25, 0.3) is 0 Å². The fraction of sp³-hybridized carbons (Fsp3) is 0.857. The number of ether oxygens (including phenoxy) is 4. The van der Waals surface area contributed by atoms with Crippen LogP contribution >= 0.6 is 0 Å². The van der Waals surface area contributed by atoms with E-state index in [1.165, 1.54) is 12.8 Å². The summed E-state index contributed by atoms with van der Waals surface area (Å²) in [6.45, 7) is 3.15. The summed E-state index contributed by atoms with van der Waals surface area (Å²) in [6, 6.07) is -0.149. The Hall–Kier alpha value is -3.00. The van der Waals surface area contributed by atoms with Crippen molar-refractivity contribution in [1.29, 1.82) is 0 Å². The summed E-state index contributed by atoms with van der Waals surface area (Å²) in [5.74, 6) is 0. The van der Waals surface area contributed by atoms with Crippen molar-refractivity contribution in [2.24, 2.45) is 0 Å². The first kappa shape index (κ1) is 35.2. The molecule has 0 aromatic carbocycles. The first-order chi connectivity index (χ1) is 20.5. The van der Waals surface area contributed by atoms with Crippen molar-refractivity contribution in [2.75, 3.05) is 65.8 Å². The molecule has 242 valence electrons. The highest BCUT2D eigenvalue weighted by Gasteiger charge is 2.17. The molecular formula is C28H52N6O8. The van der Waals surface area contributed by atoms with E-state index in [1.54, 1.807) is 0 Å². The Morgan fingerprint density at radius 2 is 0.857 bits per heavy atom. The molecule has 0 aromatic rings. The van der Waals surface area contributed by atoms with E-state index in [1.807, 2.05) is 0 Å². The molecule has 6 N–H and O–H groups in total. The average Bonchev–Trinajstić information content (AvgIpc) is 2.99. The van der Waals surface area contributed by atoms with Gasteiger partial charge in [-0.05, 0) is 38.5 Å². The van der Waals surface area contributed by atoms with E-state index >= 15 is 0 Å². The van der Waals surface area contributed by atoms with Crippen molar-refractivity contribution in [3.8, 4) is 0 Å². The number of rotatable bonds is 19. The van der Waals surface area contributed by atoms with Gasteiger partial charge in [0, 0.05) is 38.3 Å². The van der Waals surface area contributed by atoms with Gasteiger partial charge in [-0.1, -0.05) is 38.5 Å². The van der Waals surface area contributed by atoms with E-state index < -0.39 is 12.2 Å². The second kappa shape index (κ2) is 23.6. The second-order valence-corrected chi connectivity index (χ2v) is 10.5. The molecule has 2 rings (SSSR count). The van der Waals surface area contributed by atoms with E-state index in [9.17, 15) is 19.2 Å². The predicted molar refractivity (Wildman–Crippen MR) is 156 cm³/mol. The van der Waals surface area contributed by atoms with E-state index in [2.05, 4.69) is 31.9 Å². The topological polar surface area (TPSA) is 177 Å². The maximum absolute atomic E-state index is 11.8. The molecule has 0 aromatic heterocycles. The van der Waals surface area contributed by atoms with E-state index in [0.717, 1.165) is 51.4 Å². The van der Waals surface area contributed by atoms with Crippen LogP contribution in [0.4, 0.5) is 19.2 Å². The lowest BCUT2D eigenvalue weighted by atomic mass is 9.96. The zero-order valence-corrected chi connectivity index (χ0v) is 25.0. The van der Waals surface area contributed by atoms with E-state index in [-0.39, 0.29) is 50.6 Å². The number of carbonyl (C=O) groups excluding carboxylic acids is 4. The largest absolute Gasteiger partial charge is 0.447 e. The number of urea groups is 2. The Labute approximate surface area is 249 Å².